The Morgan fingerprint density at radius 2 is 1.18 bits per heavy atom. The molecule has 0 saturated carbocycles. The molecule has 27 nitrogen and oxygen atoms in total. The summed E-state index contributed by atoms with van der Waals surface area (Å²) in [5.41, 5.74) is 31.3. The monoisotopic (exact) mass is 1060 g/mol. The zero-order valence-electron chi connectivity index (χ0n) is 42.4. The van der Waals surface area contributed by atoms with E-state index in [-0.39, 0.29) is 70.3 Å². The van der Waals surface area contributed by atoms with Gasteiger partial charge in [-0.2, -0.15) is 0 Å². The van der Waals surface area contributed by atoms with Crippen LogP contribution in [0.4, 0.5) is 4.79 Å². The summed E-state index contributed by atoms with van der Waals surface area (Å²) >= 11 is 0. The number of nitrogens with two attached hydrogens (primary N) is 5. The van der Waals surface area contributed by atoms with Crippen LogP contribution in [0.1, 0.15) is 75.3 Å². The molecule has 17 N–H and O–H groups in total. The van der Waals surface area contributed by atoms with Gasteiger partial charge in [0.15, 0.2) is 11.9 Å². The minimum atomic E-state index is -1.63. The zero-order chi connectivity index (χ0) is 55.3. The first kappa shape index (κ1) is 58.8. The lowest BCUT2D eigenvalue weighted by Gasteiger charge is -2.32. The Balaban J connectivity index is 1.21. The number of aliphatic carboxylic acids is 1. The molecule has 0 spiro atoms. The fourth-order valence-corrected chi connectivity index (χ4v) is 9.32. The highest BCUT2D eigenvalue weighted by Crippen LogP contribution is 2.26. The summed E-state index contributed by atoms with van der Waals surface area (Å²) in [5.74, 6) is -6.22. The number of hydrogen-bond acceptors (Lipinski definition) is 13. The molecule has 0 bridgehead atoms. The first-order valence-corrected chi connectivity index (χ1v) is 25.3. The van der Waals surface area contributed by atoms with Crippen LogP contribution in [-0.4, -0.2) is 183 Å². The van der Waals surface area contributed by atoms with Crippen LogP contribution in [-0.2, 0) is 51.3 Å². The van der Waals surface area contributed by atoms with Crippen molar-refractivity contribution in [1.82, 2.24) is 46.4 Å². The van der Waals surface area contributed by atoms with Crippen LogP contribution in [0.2, 0.25) is 0 Å². The summed E-state index contributed by atoms with van der Waals surface area (Å²) in [4.78, 5) is 134. The van der Waals surface area contributed by atoms with Crippen molar-refractivity contribution in [3.05, 3.63) is 71.8 Å². The van der Waals surface area contributed by atoms with E-state index in [9.17, 15) is 53.4 Å². The average Bonchev–Trinajstić information content (AvgIpc) is 4.22. The van der Waals surface area contributed by atoms with Crippen molar-refractivity contribution in [3.8, 4) is 0 Å². The minimum absolute atomic E-state index is 0.0243. The zero-order valence-corrected chi connectivity index (χ0v) is 42.4. The van der Waals surface area contributed by atoms with Gasteiger partial charge in [-0.25, -0.2) is 14.6 Å². The van der Waals surface area contributed by atoms with Crippen LogP contribution in [0, 0.1) is 0 Å². The molecule has 0 aromatic heterocycles. The lowest BCUT2D eigenvalue weighted by Crippen LogP contribution is -2.60. The van der Waals surface area contributed by atoms with Crippen molar-refractivity contribution in [2.75, 3.05) is 45.9 Å². The fourth-order valence-electron chi connectivity index (χ4n) is 9.32. The second kappa shape index (κ2) is 29.1. The number of aliphatic hydroxyl groups is 1. The maximum absolute atomic E-state index is 14.1. The molecule has 3 saturated heterocycles. The Labute approximate surface area is 439 Å². The largest absolute Gasteiger partial charge is 0.480 e. The van der Waals surface area contributed by atoms with Crippen LogP contribution in [0.25, 0.3) is 0 Å². The molecule has 3 heterocycles. The number of carboxylic acids is 1. The number of hydrazine groups is 1. The van der Waals surface area contributed by atoms with Crippen LogP contribution in [0.15, 0.2) is 70.6 Å². The van der Waals surface area contributed by atoms with Crippen LogP contribution in [0.5, 0.6) is 0 Å². The highest BCUT2D eigenvalue weighted by molar-refractivity contribution is 5.97. The van der Waals surface area contributed by atoms with E-state index in [2.05, 4.69) is 36.7 Å². The summed E-state index contributed by atoms with van der Waals surface area (Å²) < 4.78 is 0. The highest BCUT2D eigenvalue weighted by atomic mass is 16.4. The number of nitrogens with one attached hydrogen (secondary N) is 5. The van der Waals surface area contributed by atoms with Crippen LogP contribution in [0.3, 0.4) is 0 Å². The van der Waals surface area contributed by atoms with Gasteiger partial charge in [-0.3, -0.25) is 49.0 Å². The molecule has 3 aliphatic heterocycles. The number of aliphatic imine (C=N–C) groups is 2. The van der Waals surface area contributed by atoms with Crippen LogP contribution >= 0.6 is 0 Å². The van der Waals surface area contributed by atoms with Gasteiger partial charge in [0.1, 0.15) is 36.3 Å². The smallest absolute Gasteiger partial charge is 0.337 e. The Hall–Kier alpha value is -8.07. The maximum atomic E-state index is 14.1. The number of aliphatic hydroxyl groups excluding tert-OH is 1. The predicted octanol–water partition coefficient (Wildman–Crippen LogP) is -3.59. The number of carboxylic acid groups (broad SMARTS) is 1. The molecule has 0 unspecified atom stereocenters. The van der Waals surface area contributed by atoms with Gasteiger partial charge in [-0.05, 0) is 75.3 Å². The first-order chi connectivity index (χ1) is 36.4. The van der Waals surface area contributed by atoms with E-state index in [0.717, 1.165) is 5.01 Å². The van der Waals surface area contributed by atoms with E-state index in [4.69, 9.17) is 28.7 Å². The quantitative estimate of drug-likeness (QED) is 0.0198. The summed E-state index contributed by atoms with van der Waals surface area (Å²) in [6.45, 7) is -0.779. The molecule has 2 aromatic carbocycles. The topological polar surface area (TPSA) is 422 Å². The number of guanidine groups is 2. The lowest BCUT2D eigenvalue weighted by atomic mass is 10.0. The predicted molar refractivity (Wildman–Crippen MR) is 276 cm³/mol. The summed E-state index contributed by atoms with van der Waals surface area (Å²) in [7, 11) is 0. The third-order valence-electron chi connectivity index (χ3n) is 13.1. The van der Waals surface area contributed by atoms with Crippen molar-refractivity contribution >= 4 is 65.3 Å². The summed E-state index contributed by atoms with van der Waals surface area (Å²) in [5, 5.41) is 31.4. The van der Waals surface area contributed by atoms with Crippen molar-refractivity contribution < 1.29 is 53.4 Å². The number of benzene rings is 2. The number of urea groups is 1. The summed E-state index contributed by atoms with van der Waals surface area (Å²) in [6, 6.07) is 8.04. The second-order valence-electron chi connectivity index (χ2n) is 18.7. The normalized spacial score (nSPS) is 18.5. The van der Waals surface area contributed by atoms with E-state index in [1.165, 1.54) is 14.7 Å². The number of carbonyl (C=O) groups is 9. The van der Waals surface area contributed by atoms with Crippen LogP contribution < -0.4 is 55.4 Å². The van der Waals surface area contributed by atoms with Gasteiger partial charge in [0.25, 0.3) is 5.91 Å². The van der Waals surface area contributed by atoms with E-state index in [1.54, 1.807) is 60.7 Å². The lowest BCUT2D eigenvalue weighted by molar-refractivity contribution is -0.147. The number of amides is 9. The maximum Gasteiger partial charge on any atom is 0.337 e. The molecule has 414 valence electrons. The second-order valence-corrected chi connectivity index (χ2v) is 18.7. The Bertz CT molecular complexity index is 2410. The number of nitrogens with zero attached hydrogens (tertiary/aromatic N) is 6. The Morgan fingerprint density at radius 1 is 0.645 bits per heavy atom. The molecule has 0 aliphatic carbocycles. The van der Waals surface area contributed by atoms with E-state index >= 15 is 0 Å². The number of rotatable bonds is 25. The molecule has 3 fully saturated rings. The third kappa shape index (κ3) is 17.3. The minimum Gasteiger partial charge on any atom is -0.480 e. The molecule has 7 atom stereocenters. The van der Waals surface area contributed by atoms with Crippen molar-refractivity contribution in [3.63, 3.8) is 0 Å². The first-order valence-electron chi connectivity index (χ1n) is 25.3. The molecule has 3 aliphatic rings. The molecule has 2 aromatic rings. The number of likely N-dealkylation sites (tertiary alicyclic amines) is 3. The van der Waals surface area contributed by atoms with Crippen molar-refractivity contribution in [2.45, 2.75) is 119 Å². The van der Waals surface area contributed by atoms with Gasteiger partial charge in [0.2, 0.25) is 35.4 Å². The van der Waals surface area contributed by atoms with Gasteiger partial charge in [0, 0.05) is 39.1 Å². The van der Waals surface area contributed by atoms with Gasteiger partial charge in [-0.1, -0.05) is 60.7 Å². The number of hydrogen-bond donors (Lipinski definition) is 12. The molecule has 5 rings (SSSR count). The van der Waals surface area contributed by atoms with Crippen molar-refractivity contribution in [2.24, 2.45) is 38.7 Å². The highest BCUT2D eigenvalue weighted by Gasteiger charge is 2.44. The third-order valence-corrected chi connectivity index (χ3v) is 13.1. The number of carbonyl (C=O) groups excluding carboxylic acids is 8. The molecule has 27 heteroatoms. The summed E-state index contributed by atoms with van der Waals surface area (Å²) in [6.07, 6.45) is 3.13. The van der Waals surface area contributed by atoms with Gasteiger partial charge >= 0.3 is 12.0 Å². The fraction of sp³-hybridized carbons (Fsp3) is 0.531. The molecule has 0 radical (unpaired) electrons. The Morgan fingerprint density at radius 3 is 1.76 bits per heavy atom. The average molecular weight is 1060 g/mol. The Kier molecular flexibility index (Phi) is 22.5. The van der Waals surface area contributed by atoms with Gasteiger partial charge < -0.3 is 74.8 Å². The molecule has 76 heavy (non-hydrogen) atoms. The van der Waals surface area contributed by atoms with E-state index in [1.807, 2.05) is 0 Å². The van der Waals surface area contributed by atoms with E-state index < -0.39 is 109 Å². The molecular formula is C49H72N16O11. The SMILES string of the molecule is NC(N)=NCCC[C@@H](N)C(=O)N1CCC[C@@H]1C(=O)N1CCC[C@@H]1C(=O)NCC(=O)NN(Cc1ccccc1)C(=O)N[C@@H](CO)C(=O)N1CCC[C@@H]1C(=O)N[C@@H](Cc1ccccc1)C(=O)N[C@H](CCCN=C(N)N)C(=O)O. The van der Waals surface area contributed by atoms with Gasteiger partial charge in [-0.15, -0.1) is 0 Å². The van der Waals surface area contributed by atoms with Crippen molar-refractivity contribution in [1.29, 1.82) is 0 Å². The molecule has 9 amide bonds. The standard InChI is InChI=1S/C49H72N16O11/c50-32(16-7-21-55-47(51)52)43(71)64-25-11-20-38(64)45(73)63-24-9-18-36(63)41(69)57-27-39(67)61-65(28-31-14-5-2-6-15-31)49(76)60-35(29-66)44(72)62-23-10-19-37(62)42(70)59-34(26-30-12-3-1-4-13-30)40(68)58-33(46(74)75)17-8-22-56-48(53)54/h1-6,12-15,32-38,66H,7-11,16-29,50H2,(H,57,69)(H,58,68)(H,59,70)(H,60,76)(H,61,67)(H,74,75)(H4,51,52,55)(H4,53,54,56)/t32-,33-,34+,35+,36-,37-,38-/m1/s1. The van der Waals surface area contributed by atoms with E-state index in [0.29, 0.717) is 62.6 Å². The van der Waals surface area contributed by atoms with Gasteiger partial charge in [0.05, 0.1) is 25.7 Å². The molecular weight excluding hydrogens is 989 g/mol.